The Morgan fingerprint density at radius 3 is 2.76 bits per heavy atom. The Hall–Kier alpha value is -1.92. The zero-order valence-electron chi connectivity index (χ0n) is 14.2. The van der Waals surface area contributed by atoms with Crippen LogP contribution in [-0.2, 0) is 17.6 Å². The standard InChI is InChI=1S/C19H19N3OS2/c1-22(2)19(23)16(12-7-4-3-5-8-12)25-18-15-13-9-6-10-14(13)24-17(15)20-11-21-18/h3-5,7-8,11,16H,6,9-10H2,1-2H3. The minimum atomic E-state index is -0.300. The van der Waals surface area contributed by atoms with Gasteiger partial charge in [-0.3, -0.25) is 4.79 Å². The topological polar surface area (TPSA) is 46.1 Å². The second kappa shape index (κ2) is 6.77. The molecule has 3 aromatic rings. The van der Waals surface area contributed by atoms with Crippen LogP contribution in [0.2, 0.25) is 0 Å². The van der Waals surface area contributed by atoms with Crippen LogP contribution in [0.25, 0.3) is 10.2 Å². The van der Waals surface area contributed by atoms with Crippen molar-refractivity contribution in [3.8, 4) is 0 Å². The molecule has 25 heavy (non-hydrogen) atoms. The summed E-state index contributed by atoms with van der Waals surface area (Å²) in [6.45, 7) is 0. The summed E-state index contributed by atoms with van der Waals surface area (Å²) in [7, 11) is 3.60. The van der Waals surface area contributed by atoms with E-state index in [1.54, 1.807) is 48.4 Å². The van der Waals surface area contributed by atoms with Crippen molar-refractivity contribution in [2.24, 2.45) is 0 Å². The number of aromatic nitrogens is 2. The third kappa shape index (κ3) is 3.04. The molecule has 128 valence electrons. The molecule has 1 amide bonds. The highest BCUT2D eigenvalue weighted by Crippen LogP contribution is 2.44. The number of benzene rings is 1. The lowest BCUT2D eigenvalue weighted by atomic mass is 10.1. The largest absolute Gasteiger partial charge is 0.348 e. The van der Waals surface area contributed by atoms with Gasteiger partial charge in [0.25, 0.3) is 0 Å². The number of amides is 1. The number of aryl methyl sites for hydroxylation is 2. The predicted octanol–water partition coefficient (Wildman–Crippen LogP) is 4.10. The molecule has 4 rings (SSSR count). The number of carbonyl (C=O) groups is 1. The summed E-state index contributed by atoms with van der Waals surface area (Å²) >= 11 is 3.32. The normalized spacial score (nSPS) is 14.5. The lowest BCUT2D eigenvalue weighted by Crippen LogP contribution is -2.26. The molecule has 1 aromatic carbocycles. The SMILES string of the molecule is CN(C)C(=O)C(Sc1ncnc2sc3c(c12)CCC3)c1ccccc1. The van der Waals surface area contributed by atoms with Crippen LogP contribution in [0.15, 0.2) is 41.7 Å². The van der Waals surface area contributed by atoms with Crippen LogP contribution in [0.1, 0.15) is 27.7 Å². The fourth-order valence-electron chi connectivity index (χ4n) is 3.22. The zero-order chi connectivity index (χ0) is 17.4. The van der Waals surface area contributed by atoms with Crippen molar-refractivity contribution in [2.45, 2.75) is 29.5 Å². The molecule has 2 aromatic heterocycles. The Kier molecular flexibility index (Phi) is 4.48. The number of likely N-dealkylation sites (N-methyl/N-ethyl adjacent to an activating group) is 1. The molecule has 4 nitrogen and oxygen atoms in total. The van der Waals surface area contributed by atoms with Gasteiger partial charge in [0, 0.05) is 24.4 Å². The van der Waals surface area contributed by atoms with Crippen LogP contribution in [0, 0.1) is 0 Å². The van der Waals surface area contributed by atoms with Gasteiger partial charge in [-0.25, -0.2) is 9.97 Å². The van der Waals surface area contributed by atoms with Crippen molar-refractivity contribution in [3.05, 3.63) is 52.7 Å². The van der Waals surface area contributed by atoms with Gasteiger partial charge in [-0.15, -0.1) is 11.3 Å². The van der Waals surface area contributed by atoms with E-state index in [1.165, 1.54) is 16.9 Å². The fraction of sp³-hybridized carbons (Fsp3) is 0.316. The highest BCUT2D eigenvalue weighted by atomic mass is 32.2. The number of fused-ring (bicyclic) bond motifs is 3. The third-order valence-corrected chi connectivity index (χ3v) is 6.91. The van der Waals surface area contributed by atoms with E-state index in [1.807, 2.05) is 30.3 Å². The van der Waals surface area contributed by atoms with E-state index in [-0.39, 0.29) is 11.2 Å². The Morgan fingerprint density at radius 2 is 2.00 bits per heavy atom. The summed E-state index contributed by atoms with van der Waals surface area (Å²) in [4.78, 5) is 26.0. The van der Waals surface area contributed by atoms with Crippen LogP contribution < -0.4 is 0 Å². The summed E-state index contributed by atoms with van der Waals surface area (Å²) in [6, 6.07) is 9.94. The van der Waals surface area contributed by atoms with Crippen molar-refractivity contribution in [1.82, 2.24) is 14.9 Å². The van der Waals surface area contributed by atoms with Gasteiger partial charge < -0.3 is 4.90 Å². The van der Waals surface area contributed by atoms with Gasteiger partial charge in [0.2, 0.25) is 5.91 Å². The summed E-state index contributed by atoms with van der Waals surface area (Å²) in [5.74, 6) is 0.0786. The first-order valence-electron chi connectivity index (χ1n) is 8.33. The summed E-state index contributed by atoms with van der Waals surface area (Å²) in [6.07, 6.45) is 5.06. The number of hydrogen-bond acceptors (Lipinski definition) is 5. The fourth-order valence-corrected chi connectivity index (χ4v) is 5.79. The number of thiophene rings is 1. The molecular formula is C19H19N3OS2. The molecule has 0 radical (unpaired) electrons. The van der Waals surface area contributed by atoms with Gasteiger partial charge in [-0.05, 0) is 30.4 Å². The van der Waals surface area contributed by atoms with Gasteiger partial charge in [-0.1, -0.05) is 42.1 Å². The molecule has 1 aliphatic carbocycles. The zero-order valence-corrected chi connectivity index (χ0v) is 15.9. The van der Waals surface area contributed by atoms with E-state index in [9.17, 15) is 4.79 Å². The first kappa shape index (κ1) is 16.5. The third-order valence-electron chi connectivity index (χ3n) is 4.46. The maximum Gasteiger partial charge on any atom is 0.240 e. The van der Waals surface area contributed by atoms with Gasteiger partial charge in [0.1, 0.15) is 21.4 Å². The smallest absolute Gasteiger partial charge is 0.240 e. The molecule has 2 heterocycles. The molecule has 1 aliphatic rings. The molecule has 0 N–H and O–H groups in total. The van der Waals surface area contributed by atoms with Gasteiger partial charge in [0.15, 0.2) is 0 Å². The maximum absolute atomic E-state index is 12.8. The molecular weight excluding hydrogens is 350 g/mol. The number of nitrogens with zero attached hydrogens (tertiary/aromatic N) is 3. The van der Waals surface area contributed by atoms with Crippen LogP contribution in [0.3, 0.4) is 0 Å². The first-order chi connectivity index (χ1) is 12.1. The minimum Gasteiger partial charge on any atom is -0.348 e. The van der Waals surface area contributed by atoms with Gasteiger partial charge in [0.05, 0.1) is 0 Å². The Bertz CT molecular complexity index is 921. The molecule has 0 fully saturated rings. The van der Waals surface area contributed by atoms with Gasteiger partial charge >= 0.3 is 0 Å². The van der Waals surface area contributed by atoms with Crippen LogP contribution in [0.5, 0.6) is 0 Å². The van der Waals surface area contributed by atoms with Crippen molar-refractivity contribution < 1.29 is 4.79 Å². The Labute approximate surface area is 155 Å². The number of hydrogen-bond donors (Lipinski definition) is 0. The van der Waals surface area contributed by atoms with E-state index in [0.29, 0.717) is 0 Å². The highest BCUT2D eigenvalue weighted by molar-refractivity contribution is 8.00. The van der Waals surface area contributed by atoms with Crippen LogP contribution in [-0.4, -0.2) is 34.9 Å². The molecule has 0 bridgehead atoms. The van der Waals surface area contributed by atoms with E-state index in [2.05, 4.69) is 9.97 Å². The van der Waals surface area contributed by atoms with Crippen molar-refractivity contribution >= 4 is 39.2 Å². The average Bonchev–Trinajstić information content (AvgIpc) is 3.20. The summed E-state index contributed by atoms with van der Waals surface area (Å²) in [5.41, 5.74) is 2.40. The molecule has 1 atom stereocenters. The molecule has 0 aliphatic heterocycles. The van der Waals surface area contributed by atoms with E-state index < -0.39 is 0 Å². The Balaban J connectivity index is 1.78. The summed E-state index contributed by atoms with van der Waals surface area (Å²) < 4.78 is 0. The number of thioether (sulfide) groups is 1. The second-order valence-electron chi connectivity index (χ2n) is 6.36. The highest BCUT2D eigenvalue weighted by Gasteiger charge is 2.27. The summed E-state index contributed by atoms with van der Waals surface area (Å²) in [5, 5.41) is 1.79. The lowest BCUT2D eigenvalue weighted by Gasteiger charge is -2.20. The Morgan fingerprint density at radius 1 is 1.20 bits per heavy atom. The number of carbonyl (C=O) groups excluding carboxylic acids is 1. The molecule has 1 unspecified atom stereocenters. The minimum absolute atomic E-state index is 0.0786. The molecule has 0 saturated heterocycles. The monoisotopic (exact) mass is 369 g/mol. The first-order valence-corrected chi connectivity index (χ1v) is 10.0. The molecule has 0 saturated carbocycles. The molecule has 0 spiro atoms. The van der Waals surface area contributed by atoms with E-state index in [4.69, 9.17) is 0 Å². The van der Waals surface area contributed by atoms with Crippen molar-refractivity contribution in [3.63, 3.8) is 0 Å². The number of rotatable bonds is 4. The van der Waals surface area contributed by atoms with E-state index >= 15 is 0 Å². The predicted molar refractivity (Wildman–Crippen MR) is 103 cm³/mol. The van der Waals surface area contributed by atoms with Crippen molar-refractivity contribution in [2.75, 3.05) is 14.1 Å². The van der Waals surface area contributed by atoms with E-state index in [0.717, 1.165) is 33.6 Å². The lowest BCUT2D eigenvalue weighted by molar-refractivity contribution is -0.128. The molecule has 6 heteroatoms. The maximum atomic E-state index is 12.8. The van der Waals surface area contributed by atoms with Crippen LogP contribution >= 0.6 is 23.1 Å². The average molecular weight is 370 g/mol. The van der Waals surface area contributed by atoms with Crippen LogP contribution in [0.4, 0.5) is 0 Å². The van der Waals surface area contributed by atoms with Gasteiger partial charge in [-0.2, -0.15) is 0 Å². The second-order valence-corrected chi connectivity index (χ2v) is 8.53. The quantitative estimate of drug-likeness (QED) is 0.513. The van der Waals surface area contributed by atoms with Crippen molar-refractivity contribution in [1.29, 1.82) is 0 Å².